The maximum atomic E-state index is 13.0. The monoisotopic (exact) mass is 438 g/mol. The van der Waals surface area contributed by atoms with Crippen LogP contribution in [-0.4, -0.2) is 27.3 Å². The Morgan fingerprint density at radius 2 is 1.97 bits per heavy atom. The zero-order chi connectivity index (χ0) is 21.8. The molecule has 1 aromatic heterocycles. The summed E-state index contributed by atoms with van der Waals surface area (Å²) in [6.45, 7) is 4.51. The number of hydrogen-bond acceptors (Lipinski definition) is 6. The number of allylic oxidation sites excluding steroid dienone is 1. The number of ether oxygens (including phenoxy) is 2. The molecule has 160 valence electrons. The number of aromatic nitrogens is 3. The Bertz CT molecular complexity index is 1110. The molecule has 0 saturated carbocycles. The van der Waals surface area contributed by atoms with Crippen molar-refractivity contribution in [3.63, 3.8) is 0 Å². The molecule has 1 N–H and O–H groups in total. The number of esters is 1. The fourth-order valence-electron chi connectivity index (χ4n) is 3.49. The van der Waals surface area contributed by atoms with Gasteiger partial charge in [0.25, 0.3) is 0 Å². The van der Waals surface area contributed by atoms with Crippen molar-refractivity contribution in [2.24, 2.45) is 0 Å². The first-order valence-electron chi connectivity index (χ1n) is 10.1. The third kappa shape index (κ3) is 4.41. The van der Waals surface area contributed by atoms with Crippen LogP contribution in [0.15, 0.2) is 66.1 Å². The summed E-state index contributed by atoms with van der Waals surface area (Å²) in [4.78, 5) is 17.2. The summed E-state index contributed by atoms with van der Waals surface area (Å²) in [7, 11) is 0. The van der Waals surface area contributed by atoms with Crippen molar-refractivity contribution < 1.29 is 14.3 Å². The molecule has 8 heteroatoms. The van der Waals surface area contributed by atoms with Gasteiger partial charge in [-0.15, -0.1) is 0 Å². The standard InChI is InChI=1S/C23H23ClN4O3/c1-3-12-30-22(29)20-15(2)27-23-25-14-26-28(23)21(20)18-6-4-5-7-19(18)31-13-16-8-10-17(24)11-9-16/h4-11,14,21H,3,12-13H2,1-2H3,(H,25,26,27). The maximum absolute atomic E-state index is 13.0. The van der Waals surface area contributed by atoms with Gasteiger partial charge < -0.3 is 14.8 Å². The van der Waals surface area contributed by atoms with Crippen LogP contribution < -0.4 is 10.1 Å². The molecule has 1 unspecified atom stereocenters. The number of benzene rings is 2. The average Bonchev–Trinajstić information content (AvgIpc) is 3.24. The molecule has 1 atom stereocenters. The molecule has 2 heterocycles. The van der Waals surface area contributed by atoms with E-state index in [0.717, 1.165) is 17.5 Å². The van der Waals surface area contributed by atoms with Crippen molar-refractivity contribution in [3.8, 4) is 5.75 Å². The van der Waals surface area contributed by atoms with E-state index in [2.05, 4.69) is 15.4 Å². The van der Waals surface area contributed by atoms with Gasteiger partial charge in [0.15, 0.2) is 0 Å². The average molecular weight is 439 g/mol. The van der Waals surface area contributed by atoms with Crippen molar-refractivity contribution in [1.82, 2.24) is 14.8 Å². The van der Waals surface area contributed by atoms with E-state index >= 15 is 0 Å². The van der Waals surface area contributed by atoms with Crippen LogP contribution in [0.5, 0.6) is 5.75 Å². The Balaban J connectivity index is 1.71. The molecule has 7 nitrogen and oxygen atoms in total. The first-order chi connectivity index (χ1) is 15.1. The van der Waals surface area contributed by atoms with Gasteiger partial charge in [0, 0.05) is 16.3 Å². The van der Waals surface area contributed by atoms with Crippen LogP contribution in [0, 0.1) is 0 Å². The highest BCUT2D eigenvalue weighted by atomic mass is 35.5. The van der Waals surface area contributed by atoms with Gasteiger partial charge in [-0.25, -0.2) is 9.48 Å². The van der Waals surface area contributed by atoms with E-state index in [1.165, 1.54) is 6.33 Å². The van der Waals surface area contributed by atoms with Crippen LogP contribution in [0.25, 0.3) is 0 Å². The smallest absolute Gasteiger partial charge is 0.338 e. The zero-order valence-corrected chi connectivity index (χ0v) is 18.1. The topological polar surface area (TPSA) is 78.3 Å². The minimum atomic E-state index is -0.524. The fourth-order valence-corrected chi connectivity index (χ4v) is 3.62. The highest BCUT2D eigenvalue weighted by Gasteiger charge is 2.35. The molecule has 0 radical (unpaired) electrons. The van der Waals surface area contributed by atoms with Gasteiger partial charge in [0.2, 0.25) is 5.95 Å². The molecule has 4 rings (SSSR count). The third-order valence-corrected chi connectivity index (χ3v) is 5.22. The molecule has 0 aliphatic carbocycles. The Morgan fingerprint density at radius 3 is 2.74 bits per heavy atom. The minimum absolute atomic E-state index is 0.348. The van der Waals surface area contributed by atoms with Crippen LogP contribution in [0.3, 0.4) is 0 Å². The largest absolute Gasteiger partial charge is 0.489 e. The number of nitrogens with zero attached hydrogens (tertiary/aromatic N) is 3. The van der Waals surface area contributed by atoms with Crippen molar-refractivity contribution in [2.75, 3.05) is 11.9 Å². The Kier molecular flexibility index (Phi) is 6.23. The molecule has 31 heavy (non-hydrogen) atoms. The van der Waals surface area contributed by atoms with Crippen LogP contribution in [0.4, 0.5) is 5.95 Å². The SMILES string of the molecule is CCCOC(=O)C1=C(C)Nc2ncnn2C1c1ccccc1OCc1ccc(Cl)cc1. The first-order valence-corrected chi connectivity index (χ1v) is 10.5. The molecule has 0 spiro atoms. The number of anilines is 1. The van der Waals surface area contributed by atoms with Crippen LogP contribution in [0.2, 0.25) is 5.02 Å². The van der Waals surface area contributed by atoms with Gasteiger partial charge in [-0.1, -0.05) is 48.9 Å². The number of fused-ring (bicyclic) bond motifs is 1. The Labute approximate surface area is 185 Å². The predicted molar refractivity (Wildman–Crippen MR) is 118 cm³/mol. The van der Waals surface area contributed by atoms with E-state index in [4.69, 9.17) is 21.1 Å². The molecule has 0 saturated heterocycles. The lowest BCUT2D eigenvalue weighted by molar-refractivity contribution is -0.139. The van der Waals surface area contributed by atoms with Gasteiger partial charge >= 0.3 is 5.97 Å². The number of carbonyl (C=O) groups is 1. The molecule has 0 bridgehead atoms. The van der Waals surface area contributed by atoms with E-state index < -0.39 is 6.04 Å². The van der Waals surface area contributed by atoms with Gasteiger partial charge in [-0.2, -0.15) is 10.1 Å². The van der Waals surface area contributed by atoms with E-state index in [1.54, 1.807) is 4.68 Å². The number of para-hydroxylation sites is 1. The molecule has 2 aromatic carbocycles. The quantitative estimate of drug-likeness (QED) is 0.536. The third-order valence-electron chi connectivity index (χ3n) is 4.97. The normalized spacial score (nSPS) is 15.3. The number of nitrogens with one attached hydrogen (secondary N) is 1. The zero-order valence-electron chi connectivity index (χ0n) is 17.3. The molecule has 1 aliphatic heterocycles. The summed E-state index contributed by atoms with van der Waals surface area (Å²) in [6, 6.07) is 14.6. The summed E-state index contributed by atoms with van der Waals surface area (Å²) in [5, 5.41) is 8.18. The van der Waals surface area contributed by atoms with Crippen LogP contribution in [-0.2, 0) is 16.1 Å². The van der Waals surface area contributed by atoms with Crippen LogP contribution >= 0.6 is 11.6 Å². The minimum Gasteiger partial charge on any atom is -0.489 e. The predicted octanol–water partition coefficient (Wildman–Crippen LogP) is 4.75. The first kappa shape index (κ1) is 20.9. The highest BCUT2D eigenvalue weighted by molar-refractivity contribution is 6.30. The lowest BCUT2D eigenvalue weighted by atomic mass is 9.95. The van der Waals surface area contributed by atoms with Crippen LogP contribution in [0.1, 0.15) is 37.4 Å². The number of halogens is 1. The van der Waals surface area contributed by atoms with Gasteiger partial charge in [-0.05, 0) is 37.1 Å². The van der Waals surface area contributed by atoms with E-state index in [-0.39, 0.29) is 5.97 Å². The molecular weight excluding hydrogens is 416 g/mol. The highest BCUT2D eigenvalue weighted by Crippen LogP contribution is 2.39. The second-order valence-corrected chi connectivity index (χ2v) is 7.62. The Hall–Kier alpha value is -3.32. The summed E-state index contributed by atoms with van der Waals surface area (Å²) in [6.07, 6.45) is 2.20. The van der Waals surface area contributed by atoms with E-state index in [1.807, 2.05) is 62.4 Å². The van der Waals surface area contributed by atoms with Gasteiger partial charge in [-0.3, -0.25) is 0 Å². The van der Waals surface area contributed by atoms with Crippen molar-refractivity contribution in [3.05, 3.63) is 82.3 Å². The molecule has 1 aliphatic rings. The second-order valence-electron chi connectivity index (χ2n) is 7.18. The molecular formula is C23H23ClN4O3. The van der Waals surface area contributed by atoms with Crippen molar-refractivity contribution >= 4 is 23.5 Å². The maximum Gasteiger partial charge on any atom is 0.338 e. The number of hydrogen-bond donors (Lipinski definition) is 1. The summed E-state index contributed by atoms with van der Waals surface area (Å²) >= 11 is 5.98. The fraction of sp³-hybridized carbons (Fsp3) is 0.261. The number of carbonyl (C=O) groups excluding carboxylic acids is 1. The van der Waals surface area contributed by atoms with Gasteiger partial charge in [0.05, 0.1) is 12.2 Å². The summed E-state index contributed by atoms with van der Waals surface area (Å²) in [5.41, 5.74) is 2.95. The van der Waals surface area contributed by atoms with Crippen molar-refractivity contribution in [1.29, 1.82) is 0 Å². The molecule has 3 aromatic rings. The van der Waals surface area contributed by atoms with Gasteiger partial charge in [0.1, 0.15) is 24.7 Å². The second kappa shape index (κ2) is 9.22. The summed E-state index contributed by atoms with van der Waals surface area (Å²) in [5.74, 6) is 0.826. The van der Waals surface area contributed by atoms with Crippen molar-refractivity contribution in [2.45, 2.75) is 32.9 Å². The van der Waals surface area contributed by atoms with E-state index in [9.17, 15) is 4.79 Å². The summed E-state index contributed by atoms with van der Waals surface area (Å²) < 4.78 is 13.3. The van der Waals surface area contributed by atoms with E-state index in [0.29, 0.717) is 41.2 Å². The Morgan fingerprint density at radius 1 is 1.19 bits per heavy atom. The lowest BCUT2D eigenvalue weighted by Gasteiger charge is -2.29. The lowest BCUT2D eigenvalue weighted by Crippen LogP contribution is -2.30. The molecule has 0 fully saturated rings. The number of rotatable bonds is 7. The molecule has 0 amide bonds.